The molecule has 0 aliphatic heterocycles. The van der Waals surface area contributed by atoms with Crippen molar-refractivity contribution in [2.75, 3.05) is 12.4 Å². The van der Waals surface area contributed by atoms with E-state index < -0.39 is 17.2 Å². The Hall–Kier alpha value is -3.07. The molecule has 0 aliphatic rings. The fourth-order valence-corrected chi connectivity index (χ4v) is 4.44. The van der Waals surface area contributed by atoms with Crippen LogP contribution in [0.15, 0.2) is 63.5 Å². The molecule has 10 heteroatoms. The van der Waals surface area contributed by atoms with Crippen molar-refractivity contribution in [2.24, 2.45) is 0 Å². The van der Waals surface area contributed by atoms with Gasteiger partial charge in [-0.1, -0.05) is 35.3 Å². The van der Waals surface area contributed by atoms with Gasteiger partial charge in [0.05, 0.1) is 29.2 Å². The van der Waals surface area contributed by atoms with E-state index in [-0.39, 0.29) is 13.1 Å². The van der Waals surface area contributed by atoms with Crippen LogP contribution in [0.2, 0.25) is 10.0 Å². The third-order valence-electron chi connectivity index (χ3n) is 4.82. The van der Waals surface area contributed by atoms with Gasteiger partial charge in [-0.3, -0.25) is 18.7 Å². The molecule has 2 heterocycles. The van der Waals surface area contributed by atoms with Crippen molar-refractivity contribution in [3.63, 3.8) is 0 Å². The average molecular weight is 490 g/mol. The molecule has 164 valence electrons. The molecule has 0 bridgehead atoms. The molecule has 4 rings (SSSR count). The van der Waals surface area contributed by atoms with E-state index in [1.807, 2.05) is 0 Å². The van der Waals surface area contributed by atoms with E-state index in [0.717, 1.165) is 10.1 Å². The maximum Gasteiger partial charge on any atom is 0.332 e. The second kappa shape index (κ2) is 9.20. The Balaban J connectivity index is 1.70. The molecule has 0 saturated heterocycles. The summed E-state index contributed by atoms with van der Waals surface area (Å²) in [4.78, 5) is 38.9. The molecular weight excluding hydrogens is 473 g/mol. The van der Waals surface area contributed by atoms with Crippen molar-refractivity contribution >= 4 is 56.3 Å². The number of nitrogens with one attached hydrogen (secondary N) is 1. The number of fused-ring (bicyclic) bond motifs is 1. The van der Waals surface area contributed by atoms with Gasteiger partial charge < -0.3 is 10.1 Å². The van der Waals surface area contributed by atoms with Crippen LogP contribution in [0.5, 0.6) is 5.75 Å². The van der Waals surface area contributed by atoms with Gasteiger partial charge in [-0.25, -0.2) is 4.79 Å². The summed E-state index contributed by atoms with van der Waals surface area (Å²) in [5.74, 6) is 0.179. The van der Waals surface area contributed by atoms with E-state index in [9.17, 15) is 14.4 Å². The lowest BCUT2D eigenvalue weighted by Crippen LogP contribution is -2.41. The first kappa shape index (κ1) is 22.1. The Morgan fingerprint density at radius 1 is 1.06 bits per heavy atom. The van der Waals surface area contributed by atoms with Crippen LogP contribution < -0.4 is 21.3 Å². The molecule has 1 amide bonds. The number of ether oxygens (including phenoxy) is 1. The highest BCUT2D eigenvalue weighted by molar-refractivity contribution is 7.17. The highest BCUT2D eigenvalue weighted by atomic mass is 35.5. The number of nitrogens with zero attached hydrogens (tertiary/aromatic N) is 2. The zero-order valence-electron chi connectivity index (χ0n) is 16.8. The van der Waals surface area contributed by atoms with Crippen LogP contribution in [0.4, 0.5) is 5.69 Å². The monoisotopic (exact) mass is 489 g/mol. The zero-order chi connectivity index (χ0) is 22.8. The number of hydrogen-bond acceptors (Lipinski definition) is 5. The van der Waals surface area contributed by atoms with Crippen LogP contribution in [0.1, 0.15) is 5.56 Å². The predicted molar refractivity (Wildman–Crippen MR) is 128 cm³/mol. The summed E-state index contributed by atoms with van der Waals surface area (Å²) in [6.07, 6.45) is 0. The first-order chi connectivity index (χ1) is 15.4. The van der Waals surface area contributed by atoms with Crippen molar-refractivity contribution in [1.82, 2.24) is 9.13 Å². The number of benzene rings is 2. The summed E-state index contributed by atoms with van der Waals surface area (Å²) in [6.45, 7) is -0.220. The largest absolute Gasteiger partial charge is 0.497 e. The predicted octanol–water partition coefficient (Wildman–Crippen LogP) is 4.23. The van der Waals surface area contributed by atoms with E-state index in [1.54, 1.807) is 55.0 Å². The quantitative estimate of drug-likeness (QED) is 0.439. The lowest BCUT2D eigenvalue weighted by Gasteiger charge is -2.13. The summed E-state index contributed by atoms with van der Waals surface area (Å²) in [7, 11) is 1.54. The van der Waals surface area contributed by atoms with Gasteiger partial charge in [-0.2, -0.15) is 0 Å². The van der Waals surface area contributed by atoms with Crippen molar-refractivity contribution in [1.29, 1.82) is 0 Å². The van der Waals surface area contributed by atoms with Gasteiger partial charge in [-0.15, -0.1) is 11.3 Å². The molecule has 0 atom stereocenters. The first-order valence-electron chi connectivity index (χ1n) is 9.46. The molecule has 0 saturated carbocycles. The summed E-state index contributed by atoms with van der Waals surface area (Å²) < 4.78 is 8.04. The van der Waals surface area contributed by atoms with Crippen LogP contribution in [0, 0.1) is 0 Å². The SMILES string of the molecule is COc1cccc(Cn2c(=O)c3sccc3n(CC(=O)Nc3ccc(Cl)c(Cl)c3)c2=O)c1. The smallest absolute Gasteiger partial charge is 0.332 e. The second-order valence-electron chi connectivity index (χ2n) is 6.92. The molecule has 2 aromatic carbocycles. The molecule has 7 nitrogen and oxygen atoms in total. The minimum Gasteiger partial charge on any atom is -0.497 e. The normalized spacial score (nSPS) is 11.0. The molecular formula is C22H17Cl2N3O4S. The molecule has 0 radical (unpaired) electrons. The number of halogens is 2. The van der Waals surface area contributed by atoms with Crippen molar-refractivity contribution in [2.45, 2.75) is 13.1 Å². The van der Waals surface area contributed by atoms with Crippen molar-refractivity contribution in [3.05, 3.63) is 90.4 Å². The Morgan fingerprint density at radius 3 is 2.62 bits per heavy atom. The maximum atomic E-state index is 13.2. The third-order valence-corrected chi connectivity index (χ3v) is 6.45. The number of carbonyl (C=O) groups excluding carboxylic acids is 1. The molecule has 0 aliphatic carbocycles. The fraction of sp³-hybridized carbons (Fsp3) is 0.136. The van der Waals surface area contributed by atoms with Crippen molar-refractivity contribution < 1.29 is 9.53 Å². The highest BCUT2D eigenvalue weighted by Gasteiger charge is 2.17. The van der Waals surface area contributed by atoms with E-state index in [2.05, 4.69) is 5.32 Å². The van der Waals surface area contributed by atoms with Crippen LogP contribution in [0.25, 0.3) is 10.2 Å². The van der Waals surface area contributed by atoms with Gasteiger partial charge in [0.15, 0.2) is 0 Å². The summed E-state index contributed by atoms with van der Waals surface area (Å²) in [6, 6.07) is 13.5. The number of rotatable bonds is 6. The Labute approximate surface area is 196 Å². The number of amides is 1. The summed E-state index contributed by atoms with van der Waals surface area (Å²) in [5.41, 5.74) is 0.614. The van der Waals surface area contributed by atoms with Crippen LogP contribution in [0.3, 0.4) is 0 Å². The number of methoxy groups -OCH3 is 1. The molecule has 1 N–H and O–H groups in total. The molecule has 2 aromatic heterocycles. The Morgan fingerprint density at radius 2 is 1.88 bits per heavy atom. The Bertz CT molecular complexity index is 1440. The minimum atomic E-state index is -0.576. The van der Waals surface area contributed by atoms with Crippen LogP contribution in [-0.2, 0) is 17.9 Å². The lowest BCUT2D eigenvalue weighted by molar-refractivity contribution is -0.116. The van der Waals surface area contributed by atoms with E-state index >= 15 is 0 Å². The van der Waals surface area contributed by atoms with Gasteiger partial charge in [0, 0.05) is 5.69 Å². The topological polar surface area (TPSA) is 82.3 Å². The average Bonchev–Trinajstić information content (AvgIpc) is 3.27. The van der Waals surface area contributed by atoms with E-state index in [4.69, 9.17) is 27.9 Å². The van der Waals surface area contributed by atoms with Crippen molar-refractivity contribution in [3.8, 4) is 5.75 Å². The van der Waals surface area contributed by atoms with E-state index in [1.165, 1.54) is 22.0 Å². The Kier molecular flexibility index (Phi) is 6.36. The summed E-state index contributed by atoms with van der Waals surface area (Å²) >= 11 is 13.1. The van der Waals surface area contributed by atoms with E-state index in [0.29, 0.717) is 31.7 Å². The maximum absolute atomic E-state index is 13.2. The van der Waals surface area contributed by atoms with Crippen LogP contribution >= 0.6 is 34.5 Å². The zero-order valence-corrected chi connectivity index (χ0v) is 19.1. The molecule has 0 unspecified atom stereocenters. The van der Waals surface area contributed by atoms with Gasteiger partial charge in [0.1, 0.15) is 17.0 Å². The molecule has 0 spiro atoms. The van der Waals surface area contributed by atoms with Gasteiger partial charge in [-0.05, 0) is 47.3 Å². The fourth-order valence-electron chi connectivity index (χ4n) is 3.30. The minimum absolute atomic E-state index is 0.0527. The number of hydrogen-bond donors (Lipinski definition) is 1. The lowest BCUT2D eigenvalue weighted by atomic mass is 10.2. The van der Waals surface area contributed by atoms with Gasteiger partial charge in [0.25, 0.3) is 5.56 Å². The van der Waals surface area contributed by atoms with Crippen LogP contribution in [-0.4, -0.2) is 22.2 Å². The highest BCUT2D eigenvalue weighted by Crippen LogP contribution is 2.25. The first-order valence-corrected chi connectivity index (χ1v) is 11.1. The molecule has 0 fully saturated rings. The number of thiophene rings is 1. The summed E-state index contributed by atoms with van der Waals surface area (Å²) in [5, 5.41) is 5.08. The second-order valence-corrected chi connectivity index (χ2v) is 8.65. The third kappa shape index (κ3) is 4.43. The molecule has 4 aromatic rings. The standard InChI is InChI=1S/C22H17Cl2N3O4S/c1-31-15-4-2-3-13(9-15)11-27-21(29)20-18(7-8-32-20)26(22(27)30)12-19(28)25-14-5-6-16(23)17(24)10-14/h2-10H,11-12H2,1H3,(H,25,28). The number of carbonyl (C=O) groups is 1. The van der Waals surface area contributed by atoms with Gasteiger partial charge in [0.2, 0.25) is 5.91 Å². The van der Waals surface area contributed by atoms with Gasteiger partial charge >= 0.3 is 5.69 Å². The number of aromatic nitrogens is 2. The molecule has 32 heavy (non-hydrogen) atoms. The number of anilines is 1.